The number of rotatable bonds is 7. The molecule has 130 valence electrons. The zero-order valence-electron chi connectivity index (χ0n) is 15.4. The van der Waals surface area contributed by atoms with Gasteiger partial charge < -0.3 is 0 Å². The molecule has 0 radical (unpaired) electrons. The topological polar surface area (TPSA) is 34.1 Å². The fourth-order valence-corrected chi connectivity index (χ4v) is 3.78. The number of hydrogen-bond donors (Lipinski definition) is 0. The van der Waals surface area contributed by atoms with Crippen LogP contribution in [0.3, 0.4) is 0 Å². The molecule has 0 bridgehead atoms. The first kappa shape index (κ1) is 20.3. The lowest BCUT2D eigenvalue weighted by atomic mass is 10.1. The van der Waals surface area contributed by atoms with E-state index in [9.17, 15) is 8.42 Å². The van der Waals surface area contributed by atoms with E-state index in [1.807, 2.05) is 32.1 Å². The summed E-state index contributed by atoms with van der Waals surface area (Å²) in [5.74, 6) is 5.64. The lowest BCUT2D eigenvalue weighted by molar-refractivity contribution is 0.589. The van der Waals surface area contributed by atoms with Gasteiger partial charge >= 0.3 is 0 Å². The van der Waals surface area contributed by atoms with E-state index in [-0.39, 0.29) is 0 Å². The van der Waals surface area contributed by atoms with Crippen LogP contribution in [0.15, 0.2) is 52.5 Å². The molecule has 1 aromatic rings. The summed E-state index contributed by atoms with van der Waals surface area (Å²) < 4.78 is 25.6. The zero-order valence-corrected chi connectivity index (χ0v) is 16.2. The molecular formula is C21H28O2S. The third-order valence-electron chi connectivity index (χ3n) is 3.80. The molecule has 0 aliphatic rings. The van der Waals surface area contributed by atoms with Gasteiger partial charge in [-0.3, -0.25) is 0 Å². The summed E-state index contributed by atoms with van der Waals surface area (Å²) in [5, 5.41) is -0.691. The fraction of sp³-hybridized carbons (Fsp3) is 0.429. The van der Waals surface area contributed by atoms with Crippen LogP contribution in [0.5, 0.6) is 0 Å². The lowest BCUT2D eigenvalue weighted by Gasteiger charge is -2.11. The van der Waals surface area contributed by atoms with Crippen molar-refractivity contribution < 1.29 is 8.42 Å². The summed E-state index contributed by atoms with van der Waals surface area (Å²) in [5.41, 5.74) is 3.55. The minimum Gasteiger partial charge on any atom is -0.222 e. The van der Waals surface area contributed by atoms with Gasteiger partial charge in [0.2, 0.25) is 0 Å². The Balaban J connectivity index is 2.91. The SMILES string of the molecule is CC#CC(CC=C(C)CCC=C(C)C)S(=O)(=O)c1ccc(C)cc1. The summed E-state index contributed by atoms with van der Waals surface area (Å²) in [6.07, 6.45) is 6.57. The molecule has 3 heteroatoms. The Hall–Kier alpha value is -1.79. The molecule has 0 fully saturated rings. The molecule has 0 saturated heterocycles. The first-order chi connectivity index (χ1) is 11.3. The van der Waals surface area contributed by atoms with E-state index in [0.29, 0.717) is 11.3 Å². The number of hydrogen-bond acceptors (Lipinski definition) is 2. The van der Waals surface area contributed by atoms with Crippen molar-refractivity contribution in [2.45, 2.75) is 64.0 Å². The molecule has 0 aliphatic heterocycles. The van der Waals surface area contributed by atoms with Gasteiger partial charge in [0.1, 0.15) is 5.25 Å². The van der Waals surface area contributed by atoms with Crippen molar-refractivity contribution in [2.24, 2.45) is 0 Å². The molecule has 1 unspecified atom stereocenters. The Morgan fingerprint density at radius 3 is 2.29 bits per heavy atom. The largest absolute Gasteiger partial charge is 0.222 e. The van der Waals surface area contributed by atoms with E-state index < -0.39 is 15.1 Å². The zero-order chi connectivity index (χ0) is 18.2. The van der Waals surface area contributed by atoms with Crippen molar-refractivity contribution in [3.8, 4) is 11.8 Å². The molecule has 0 aliphatic carbocycles. The molecule has 0 aromatic heterocycles. The molecule has 0 saturated carbocycles. The summed E-state index contributed by atoms with van der Waals surface area (Å²) >= 11 is 0. The van der Waals surface area contributed by atoms with Crippen LogP contribution in [-0.2, 0) is 9.84 Å². The normalized spacial score (nSPS) is 13.0. The molecule has 1 atom stereocenters. The second-order valence-electron chi connectivity index (χ2n) is 6.35. The average molecular weight is 345 g/mol. The first-order valence-electron chi connectivity index (χ1n) is 8.29. The van der Waals surface area contributed by atoms with E-state index in [4.69, 9.17) is 0 Å². The molecule has 0 heterocycles. The first-order valence-corrected chi connectivity index (χ1v) is 9.84. The summed E-state index contributed by atoms with van der Waals surface area (Å²) in [7, 11) is -3.44. The van der Waals surface area contributed by atoms with E-state index in [2.05, 4.69) is 31.8 Å². The Morgan fingerprint density at radius 2 is 1.75 bits per heavy atom. The summed E-state index contributed by atoms with van der Waals surface area (Å²) in [6, 6.07) is 6.98. The maximum absolute atomic E-state index is 12.8. The van der Waals surface area contributed by atoms with Crippen LogP contribution in [0.4, 0.5) is 0 Å². The minimum absolute atomic E-state index is 0.344. The Bertz CT molecular complexity index is 750. The van der Waals surface area contributed by atoms with Crippen molar-refractivity contribution in [1.29, 1.82) is 0 Å². The molecule has 2 nitrogen and oxygen atoms in total. The Morgan fingerprint density at radius 1 is 1.12 bits per heavy atom. The fourth-order valence-electron chi connectivity index (χ4n) is 2.32. The smallest absolute Gasteiger partial charge is 0.192 e. The monoisotopic (exact) mass is 344 g/mol. The van der Waals surface area contributed by atoms with E-state index in [1.165, 1.54) is 11.1 Å². The van der Waals surface area contributed by atoms with Gasteiger partial charge in [-0.1, -0.05) is 46.9 Å². The summed E-state index contributed by atoms with van der Waals surface area (Å²) in [4.78, 5) is 0.344. The van der Waals surface area contributed by atoms with Crippen molar-refractivity contribution in [2.75, 3.05) is 0 Å². The Labute approximate surface area is 147 Å². The van der Waals surface area contributed by atoms with Gasteiger partial charge in [-0.25, -0.2) is 8.42 Å². The van der Waals surface area contributed by atoms with Gasteiger partial charge in [-0.2, -0.15) is 0 Å². The third-order valence-corrected chi connectivity index (χ3v) is 5.79. The van der Waals surface area contributed by atoms with Crippen LogP contribution in [0.1, 0.15) is 52.5 Å². The van der Waals surface area contributed by atoms with Crippen molar-refractivity contribution in [1.82, 2.24) is 0 Å². The van der Waals surface area contributed by atoms with Gasteiger partial charge in [0.05, 0.1) is 4.90 Å². The average Bonchev–Trinajstić information content (AvgIpc) is 2.51. The highest BCUT2D eigenvalue weighted by Gasteiger charge is 2.24. The highest BCUT2D eigenvalue weighted by Crippen LogP contribution is 2.20. The van der Waals surface area contributed by atoms with Crippen molar-refractivity contribution in [3.05, 3.63) is 53.1 Å². The molecular weight excluding hydrogens is 316 g/mol. The standard InChI is InChI=1S/C21H28O2S/c1-6-8-20(14-11-18(4)10-7-9-17(2)3)24(22,23)21-15-12-19(5)13-16-21/h9,11-13,15-16,20H,7,10,14H2,1-5H3. The van der Waals surface area contributed by atoms with Gasteiger partial charge in [0.15, 0.2) is 9.84 Å². The van der Waals surface area contributed by atoms with Crippen LogP contribution in [-0.4, -0.2) is 13.7 Å². The molecule has 0 amide bonds. The molecule has 1 aromatic carbocycles. The quantitative estimate of drug-likeness (QED) is 0.500. The molecule has 0 N–H and O–H groups in total. The van der Waals surface area contributed by atoms with E-state index >= 15 is 0 Å². The number of allylic oxidation sites excluding steroid dienone is 4. The predicted octanol–water partition coefficient (Wildman–Crippen LogP) is 5.24. The van der Waals surface area contributed by atoms with Gasteiger partial charge in [0, 0.05) is 0 Å². The summed E-state index contributed by atoms with van der Waals surface area (Å²) in [6.45, 7) is 9.84. The lowest BCUT2D eigenvalue weighted by Crippen LogP contribution is -2.19. The van der Waals surface area contributed by atoms with Crippen LogP contribution >= 0.6 is 0 Å². The van der Waals surface area contributed by atoms with Gasteiger partial charge in [-0.05, 0) is 66.0 Å². The van der Waals surface area contributed by atoms with Crippen LogP contribution < -0.4 is 0 Å². The molecule has 0 spiro atoms. The predicted molar refractivity (Wildman–Crippen MR) is 103 cm³/mol. The maximum Gasteiger partial charge on any atom is 0.192 e. The molecule has 24 heavy (non-hydrogen) atoms. The second-order valence-corrected chi connectivity index (χ2v) is 8.48. The molecule has 1 rings (SSSR count). The number of benzene rings is 1. The maximum atomic E-state index is 12.8. The number of aryl methyl sites for hydroxylation is 1. The van der Waals surface area contributed by atoms with Crippen molar-refractivity contribution in [3.63, 3.8) is 0 Å². The minimum atomic E-state index is -3.44. The van der Waals surface area contributed by atoms with E-state index in [1.54, 1.807) is 19.1 Å². The highest BCUT2D eigenvalue weighted by molar-refractivity contribution is 7.92. The van der Waals surface area contributed by atoms with Crippen molar-refractivity contribution >= 4 is 9.84 Å². The highest BCUT2D eigenvalue weighted by atomic mass is 32.2. The van der Waals surface area contributed by atoms with Crippen LogP contribution in [0.25, 0.3) is 0 Å². The number of sulfone groups is 1. The third kappa shape index (κ3) is 6.37. The Kier molecular flexibility index (Phi) is 8.01. The van der Waals surface area contributed by atoms with Crippen LogP contribution in [0, 0.1) is 18.8 Å². The van der Waals surface area contributed by atoms with E-state index in [0.717, 1.165) is 18.4 Å². The van der Waals surface area contributed by atoms with Crippen LogP contribution in [0.2, 0.25) is 0 Å². The van der Waals surface area contributed by atoms with Gasteiger partial charge in [0.25, 0.3) is 0 Å². The van der Waals surface area contributed by atoms with Gasteiger partial charge in [-0.15, -0.1) is 5.92 Å². The second kappa shape index (κ2) is 9.49.